The summed E-state index contributed by atoms with van der Waals surface area (Å²) in [6.45, 7) is 2.88. The lowest BCUT2D eigenvalue weighted by Crippen LogP contribution is -2.42. The molecule has 0 amide bonds. The number of likely N-dealkylation sites (tertiary alicyclic amines) is 1. The number of benzene rings is 1. The largest absolute Gasteiger partial charge is 0.327 e. The van der Waals surface area contributed by atoms with E-state index >= 15 is 0 Å². The first kappa shape index (κ1) is 15.1. The van der Waals surface area contributed by atoms with Crippen molar-refractivity contribution in [2.45, 2.75) is 25.4 Å². The van der Waals surface area contributed by atoms with Crippen LogP contribution in [0.15, 0.2) is 18.2 Å². The van der Waals surface area contributed by atoms with E-state index in [0.717, 1.165) is 31.6 Å². The summed E-state index contributed by atoms with van der Waals surface area (Å²) in [5.41, 5.74) is 7.03. The summed E-state index contributed by atoms with van der Waals surface area (Å²) in [5.74, 6) is 0. The van der Waals surface area contributed by atoms with E-state index in [4.69, 9.17) is 28.9 Å². The van der Waals surface area contributed by atoms with Gasteiger partial charge in [0.15, 0.2) is 0 Å². The summed E-state index contributed by atoms with van der Waals surface area (Å²) in [7, 11) is 0. The van der Waals surface area contributed by atoms with Gasteiger partial charge >= 0.3 is 0 Å². The van der Waals surface area contributed by atoms with Crippen molar-refractivity contribution in [1.29, 1.82) is 0 Å². The average molecular weight is 296 g/mol. The maximum absolute atomic E-state index is 6.16. The fourth-order valence-electron chi connectivity index (χ4n) is 2.15. The lowest BCUT2D eigenvalue weighted by atomic mass is 10.1. The van der Waals surface area contributed by atoms with Gasteiger partial charge in [0.2, 0.25) is 0 Å². The third-order valence-corrected chi connectivity index (χ3v) is 3.83. The third-order valence-electron chi connectivity index (χ3n) is 2.97. The number of halogens is 3. The Morgan fingerprint density at radius 2 is 2.12 bits per heavy atom. The molecule has 17 heavy (non-hydrogen) atoms. The molecular formula is C12H17Cl3N2. The maximum atomic E-state index is 6.16. The molecule has 0 spiro atoms. The molecule has 0 saturated carbocycles. The standard InChI is InChI=1S/C12H16Cl2N2.ClH/c13-11-5-1-3-9(12(11)14)7-16-6-2-4-10(15)8-16;/h1,3,5,10H,2,4,6-8,15H2;1H/t10-;/m1./s1. The molecular weight excluding hydrogens is 279 g/mol. The second-order valence-corrected chi connectivity index (χ2v) is 5.14. The van der Waals surface area contributed by atoms with Crippen molar-refractivity contribution in [3.05, 3.63) is 33.8 Å². The van der Waals surface area contributed by atoms with Crippen molar-refractivity contribution in [3.8, 4) is 0 Å². The molecule has 96 valence electrons. The summed E-state index contributed by atoms with van der Waals surface area (Å²) in [4.78, 5) is 2.34. The zero-order chi connectivity index (χ0) is 11.5. The number of nitrogens with zero attached hydrogens (tertiary/aromatic N) is 1. The van der Waals surface area contributed by atoms with E-state index in [-0.39, 0.29) is 12.4 Å². The molecule has 1 aromatic carbocycles. The van der Waals surface area contributed by atoms with Crippen LogP contribution in [0, 0.1) is 0 Å². The number of piperidine rings is 1. The van der Waals surface area contributed by atoms with E-state index in [9.17, 15) is 0 Å². The van der Waals surface area contributed by atoms with Crippen LogP contribution in [0.1, 0.15) is 18.4 Å². The summed E-state index contributed by atoms with van der Waals surface area (Å²) >= 11 is 12.1. The highest BCUT2D eigenvalue weighted by atomic mass is 35.5. The minimum atomic E-state index is 0. The Kier molecular flexibility index (Phi) is 6.04. The minimum absolute atomic E-state index is 0. The zero-order valence-electron chi connectivity index (χ0n) is 9.53. The van der Waals surface area contributed by atoms with Crippen molar-refractivity contribution in [3.63, 3.8) is 0 Å². The molecule has 0 aromatic heterocycles. The summed E-state index contributed by atoms with van der Waals surface area (Å²) in [5, 5.41) is 1.30. The SMILES string of the molecule is Cl.N[C@@H]1CCCN(Cc2cccc(Cl)c2Cl)C1. The molecule has 1 aliphatic rings. The van der Waals surface area contributed by atoms with Gasteiger partial charge in [0.25, 0.3) is 0 Å². The second kappa shape index (κ2) is 6.81. The van der Waals surface area contributed by atoms with Crippen molar-refractivity contribution in [2.24, 2.45) is 5.73 Å². The zero-order valence-corrected chi connectivity index (χ0v) is 11.9. The third kappa shape index (κ3) is 4.01. The van der Waals surface area contributed by atoms with Crippen LogP contribution in [0.4, 0.5) is 0 Å². The molecule has 2 N–H and O–H groups in total. The Labute approximate surface area is 118 Å². The number of hydrogen-bond donors (Lipinski definition) is 1. The van der Waals surface area contributed by atoms with Gasteiger partial charge in [-0.2, -0.15) is 0 Å². The van der Waals surface area contributed by atoms with E-state index < -0.39 is 0 Å². The van der Waals surface area contributed by atoms with Crippen molar-refractivity contribution >= 4 is 35.6 Å². The first-order valence-electron chi connectivity index (χ1n) is 5.57. The van der Waals surface area contributed by atoms with Crippen LogP contribution >= 0.6 is 35.6 Å². The molecule has 1 heterocycles. The topological polar surface area (TPSA) is 29.3 Å². The predicted octanol–water partition coefficient (Wildman–Crippen LogP) is 3.34. The smallest absolute Gasteiger partial charge is 0.0637 e. The molecule has 2 nitrogen and oxygen atoms in total. The molecule has 1 fully saturated rings. The molecule has 0 bridgehead atoms. The van der Waals surface area contributed by atoms with Gasteiger partial charge in [0.05, 0.1) is 10.0 Å². The predicted molar refractivity (Wildman–Crippen MR) is 76.2 cm³/mol. The fraction of sp³-hybridized carbons (Fsp3) is 0.500. The van der Waals surface area contributed by atoms with Crippen LogP contribution in [0.25, 0.3) is 0 Å². The molecule has 1 aromatic rings. The molecule has 1 atom stereocenters. The highest BCUT2D eigenvalue weighted by Gasteiger charge is 2.17. The highest BCUT2D eigenvalue weighted by Crippen LogP contribution is 2.27. The Balaban J connectivity index is 0.00000144. The van der Waals surface area contributed by atoms with E-state index in [0.29, 0.717) is 16.1 Å². The molecule has 0 aliphatic carbocycles. The highest BCUT2D eigenvalue weighted by molar-refractivity contribution is 6.42. The quantitative estimate of drug-likeness (QED) is 0.907. The van der Waals surface area contributed by atoms with Gasteiger partial charge in [-0.25, -0.2) is 0 Å². The summed E-state index contributed by atoms with van der Waals surface area (Å²) in [6, 6.07) is 6.07. The van der Waals surface area contributed by atoms with E-state index in [1.54, 1.807) is 0 Å². The van der Waals surface area contributed by atoms with Crippen LogP contribution in [0.3, 0.4) is 0 Å². The van der Waals surface area contributed by atoms with E-state index in [1.807, 2.05) is 18.2 Å². The average Bonchev–Trinajstić information content (AvgIpc) is 2.25. The normalized spacial score (nSPS) is 21.0. The Hall–Kier alpha value is 0.01000. The number of nitrogens with two attached hydrogens (primary N) is 1. The van der Waals surface area contributed by atoms with Crippen LogP contribution in [0.2, 0.25) is 10.0 Å². The van der Waals surface area contributed by atoms with Crippen molar-refractivity contribution in [2.75, 3.05) is 13.1 Å². The summed E-state index contributed by atoms with van der Waals surface area (Å²) in [6.07, 6.45) is 2.29. The van der Waals surface area contributed by atoms with Gasteiger partial charge in [-0.15, -0.1) is 12.4 Å². The fourth-order valence-corrected chi connectivity index (χ4v) is 2.53. The molecule has 0 radical (unpaired) electrons. The molecule has 1 aliphatic heterocycles. The Morgan fingerprint density at radius 3 is 2.82 bits per heavy atom. The van der Waals surface area contributed by atoms with Crippen LogP contribution in [-0.2, 0) is 6.54 Å². The van der Waals surface area contributed by atoms with Gasteiger partial charge in [0, 0.05) is 19.1 Å². The van der Waals surface area contributed by atoms with Gasteiger partial charge in [-0.05, 0) is 31.0 Å². The molecule has 1 saturated heterocycles. The Bertz CT molecular complexity index is 371. The summed E-state index contributed by atoms with van der Waals surface area (Å²) < 4.78 is 0. The van der Waals surface area contributed by atoms with Crippen LogP contribution in [0.5, 0.6) is 0 Å². The molecule has 2 rings (SSSR count). The molecule has 0 unspecified atom stereocenters. The Morgan fingerprint density at radius 1 is 1.35 bits per heavy atom. The molecule has 5 heteroatoms. The first-order chi connectivity index (χ1) is 7.66. The maximum Gasteiger partial charge on any atom is 0.0637 e. The van der Waals surface area contributed by atoms with Gasteiger partial charge in [0.1, 0.15) is 0 Å². The van der Waals surface area contributed by atoms with Gasteiger partial charge in [-0.3, -0.25) is 4.90 Å². The first-order valence-corrected chi connectivity index (χ1v) is 6.33. The number of hydrogen-bond acceptors (Lipinski definition) is 2. The van der Waals surface area contributed by atoms with Crippen molar-refractivity contribution in [1.82, 2.24) is 4.90 Å². The lowest BCUT2D eigenvalue weighted by Gasteiger charge is -2.30. The van der Waals surface area contributed by atoms with Gasteiger partial charge < -0.3 is 5.73 Å². The lowest BCUT2D eigenvalue weighted by molar-refractivity contribution is 0.201. The van der Waals surface area contributed by atoms with Crippen LogP contribution < -0.4 is 5.73 Å². The monoisotopic (exact) mass is 294 g/mol. The van der Waals surface area contributed by atoms with Crippen molar-refractivity contribution < 1.29 is 0 Å². The number of rotatable bonds is 2. The van der Waals surface area contributed by atoms with E-state index in [2.05, 4.69) is 4.90 Å². The van der Waals surface area contributed by atoms with Gasteiger partial charge in [-0.1, -0.05) is 35.3 Å². The second-order valence-electron chi connectivity index (χ2n) is 4.35. The van der Waals surface area contributed by atoms with Crippen LogP contribution in [-0.4, -0.2) is 24.0 Å². The minimum Gasteiger partial charge on any atom is -0.327 e. The van der Waals surface area contributed by atoms with E-state index in [1.165, 1.54) is 6.42 Å².